The lowest BCUT2D eigenvalue weighted by molar-refractivity contribution is 0.415. The molecule has 1 heterocycles. The van der Waals surface area contributed by atoms with E-state index in [9.17, 15) is 5.26 Å². The van der Waals surface area contributed by atoms with Gasteiger partial charge in [0.05, 0.1) is 18.7 Å². The van der Waals surface area contributed by atoms with Crippen LogP contribution in [-0.2, 0) is 19.4 Å². The Morgan fingerprint density at radius 1 is 0.939 bits per heavy atom. The number of benzene rings is 3. The van der Waals surface area contributed by atoms with E-state index in [1.807, 2.05) is 42.5 Å². The van der Waals surface area contributed by atoms with E-state index in [0.29, 0.717) is 13.0 Å². The second kappa shape index (κ2) is 10.8. The number of thioether (sulfide) groups is 1. The highest BCUT2D eigenvalue weighted by Gasteiger charge is 2.21. The summed E-state index contributed by atoms with van der Waals surface area (Å²) in [6.07, 6.45) is 1.49. The number of hydrogen-bond donors (Lipinski definition) is 0. The van der Waals surface area contributed by atoms with Crippen molar-refractivity contribution in [1.82, 2.24) is 14.8 Å². The Bertz CT molecular complexity index is 1230. The predicted molar refractivity (Wildman–Crippen MR) is 132 cm³/mol. The van der Waals surface area contributed by atoms with Crippen molar-refractivity contribution in [2.24, 2.45) is 0 Å². The zero-order chi connectivity index (χ0) is 23.0. The van der Waals surface area contributed by atoms with Crippen LogP contribution in [0.1, 0.15) is 16.7 Å². The number of hydrogen-bond acceptors (Lipinski definition) is 5. The van der Waals surface area contributed by atoms with E-state index in [1.54, 1.807) is 7.11 Å². The van der Waals surface area contributed by atoms with Gasteiger partial charge in [0, 0.05) is 6.54 Å². The van der Waals surface area contributed by atoms with E-state index in [4.69, 9.17) is 4.74 Å². The highest BCUT2D eigenvalue weighted by molar-refractivity contribution is 8.00. The lowest BCUT2D eigenvalue weighted by Gasteiger charge is -2.14. The van der Waals surface area contributed by atoms with Crippen LogP contribution in [0.15, 0.2) is 84.0 Å². The van der Waals surface area contributed by atoms with Crippen LogP contribution in [0.5, 0.6) is 5.75 Å². The molecule has 5 nitrogen and oxygen atoms in total. The molecule has 6 heteroatoms. The van der Waals surface area contributed by atoms with E-state index in [-0.39, 0.29) is 5.25 Å². The van der Waals surface area contributed by atoms with Gasteiger partial charge < -0.3 is 9.30 Å². The number of nitriles is 1. The highest BCUT2D eigenvalue weighted by atomic mass is 32.2. The van der Waals surface area contributed by atoms with Gasteiger partial charge in [0.2, 0.25) is 0 Å². The molecule has 1 atom stereocenters. The molecule has 0 fully saturated rings. The van der Waals surface area contributed by atoms with Crippen LogP contribution in [0.2, 0.25) is 0 Å². The standard InChI is InChI=1S/C27H26N4OS/c1-20-12-14-22(15-13-20)18-23(19-28)33-27-30-29-26(24-10-6-7-11-25(24)32-2)31(27)17-16-21-8-4-3-5-9-21/h3-15,23H,16-18H2,1-2H3. The Hall–Kier alpha value is -3.56. The summed E-state index contributed by atoms with van der Waals surface area (Å²) in [5.74, 6) is 1.50. The van der Waals surface area contributed by atoms with Gasteiger partial charge in [-0.15, -0.1) is 10.2 Å². The normalized spacial score (nSPS) is 11.7. The first-order valence-corrected chi connectivity index (χ1v) is 11.8. The van der Waals surface area contributed by atoms with Gasteiger partial charge in [-0.25, -0.2) is 0 Å². The molecule has 4 aromatic rings. The van der Waals surface area contributed by atoms with Crippen LogP contribution >= 0.6 is 11.8 Å². The summed E-state index contributed by atoms with van der Waals surface area (Å²) in [7, 11) is 1.66. The van der Waals surface area contributed by atoms with Crippen LogP contribution < -0.4 is 4.74 Å². The Morgan fingerprint density at radius 2 is 1.67 bits per heavy atom. The van der Waals surface area contributed by atoms with Crippen molar-refractivity contribution in [3.63, 3.8) is 0 Å². The molecule has 4 rings (SSSR count). The van der Waals surface area contributed by atoms with Crippen LogP contribution in [0, 0.1) is 18.3 Å². The first-order chi connectivity index (χ1) is 16.2. The van der Waals surface area contributed by atoms with Crippen LogP contribution in [-0.4, -0.2) is 27.1 Å². The molecule has 1 aromatic heterocycles. The van der Waals surface area contributed by atoms with Crippen LogP contribution in [0.25, 0.3) is 11.4 Å². The van der Waals surface area contributed by atoms with Gasteiger partial charge in [0.25, 0.3) is 0 Å². The second-order valence-corrected chi connectivity index (χ2v) is 8.99. The minimum atomic E-state index is -0.266. The fourth-order valence-electron chi connectivity index (χ4n) is 3.67. The third kappa shape index (κ3) is 5.63. The molecule has 0 aliphatic rings. The van der Waals surface area contributed by atoms with Crippen molar-refractivity contribution in [2.75, 3.05) is 7.11 Å². The third-order valence-electron chi connectivity index (χ3n) is 5.46. The first kappa shape index (κ1) is 22.6. The average molecular weight is 455 g/mol. The number of aromatic nitrogens is 3. The predicted octanol–water partition coefficient (Wildman–Crippen LogP) is 5.73. The lowest BCUT2D eigenvalue weighted by Crippen LogP contribution is -2.10. The third-order valence-corrected chi connectivity index (χ3v) is 6.53. The molecule has 3 aromatic carbocycles. The van der Waals surface area contributed by atoms with Crippen molar-refractivity contribution >= 4 is 11.8 Å². The summed E-state index contributed by atoms with van der Waals surface area (Å²) in [5, 5.41) is 19.3. The molecule has 0 saturated carbocycles. The second-order valence-electron chi connectivity index (χ2n) is 7.82. The SMILES string of the molecule is COc1ccccc1-c1nnc(SC(C#N)Cc2ccc(C)cc2)n1CCc1ccccc1. The average Bonchev–Trinajstić information content (AvgIpc) is 3.26. The summed E-state index contributed by atoms with van der Waals surface area (Å²) < 4.78 is 7.68. The molecule has 0 saturated heterocycles. The molecule has 1 unspecified atom stereocenters. The van der Waals surface area contributed by atoms with Gasteiger partial charge in [-0.2, -0.15) is 5.26 Å². The van der Waals surface area contributed by atoms with E-state index in [0.717, 1.165) is 34.3 Å². The van der Waals surface area contributed by atoms with Crippen molar-refractivity contribution in [2.45, 2.75) is 36.7 Å². The molecule has 0 spiro atoms. The van der Waals surface area contributed by atoms with Gasteiger partial charge >= 0.3 is 0 Å². The molecule has 0 bridgehead atoms. The maximum absolute atomic E-state index is 9.86. The van der Waals surface area contributed by atoms with Crippen molar-refractivity contribution < 1.29 is 4.74 Å². The van der Waals surface area contributed by atoms with Gasteiger partial charge in [-0.3, -0.25) is 0 Å². The van der Waals surface area contributed by atoms with E-state index in [2.05, 4.69) is 64.2 Å². The van der Waals surface area contributed by atoms with Crippen molar-refractivity contribution in [1.29, 1.82) is 5.26 Å². The van der Waals surface area contributed by atoms with Gasteiger partial charge in [0.1, 0.15) is 11.0 Å². The number of ether oxygens (including phenoxy) is 1. The zero-order valence-corrected chi connectivity index (χ0v) is 19.6. The van der Waals surface area contributed by atoms with E-state index >= 15 is 0 Å². The Morgan fingerprint density at radius 3 is 2.39 bits per heavy atom. The minimum absolute atomic E-state index is 0.266. The van der Waals surface area contributed by atoms with Gasteiger partial charge in [-0.05, 0) is 43.0 Å². The summed E-state index contributed by atoms with van der Waals surface area (Å²) in [6, 6.07) is 29.0. The van der Waals surface area contributed by atoms with E-state index in [1.165, 1.54) is 22.9 Å². The summed E-state index contributed by atoms with van der Waals surface area (Å²) in [6.45, 7) is 2.77. The smallest absolute Gasteiger partial charge is 0.192 e. The lowest BCUT2D eigenvalue weighted by atomic mass is 10.1. The number of para-hydroxylation sites is 1. The van der Waals surface area contributed by atoms with Crippen LogP contribution in [0.3, 0.4) is 0 Å². The molecule has 0 aliphatic carbocycles. The van der Waals surface area contributed by atoms with Crippen LogP contribution in [0.4, 0.5) is 0 Å². The highest BCUT2D eigenvalue weighted by Crippen LogP contribution is 2.33. The molecule has 0 aliphatic heterocycles. The number of aryl methyl sites for hydroxylation is 2. The van der Waals surface area contributed by atoms with Gasteiger partial charge in [-0.1, -0.05) is 84.1 Å². The summed E-state index contributed by atoms with van der Waals surface area (Å²) >= 11 is 1.47. The monoisotopic (exact) mass is 454 g/mol. The van der Waals surface area contributed by atoms with Gasteiger partial charge in [0.15, 0.2) is 11.0 Å². The molecule has 0 amide bonds. The largest absolute Gasteiger partial charge is 0.496 e. The fourth-order valence-corrected chi connectivity index (χ4v) is 4.65. The Labute approximate surface area is 199 Å². The number of rotatable bonds is 9. The molecule has 0 radical (unpaired) electrons. The first-order valence-electron chi connectivity index (χ1n) is 10.9. The summed E-state index contributed by atoms with van der Waals surface area (Å²) in [4.78, 5) is 0. The molecular weight excluding hydrogens is 428 g/mol. The zero-order valence-electron chi connectivity index (χ0n) is 18.8. The maximum Gasteiger partial charge on any atom is 0.192 e. The molecule has 33 heavy (non-hydrogen) atoms. The molecular formula is C27H26N4OS. The Kier molecular flexibility index (Phi) is 7.43. The maximum atomic E-state index is 9.86. The number of nitrogens with zero attached hydrogens (tertiary/aromatic N) is 4. The van der Waals surface area contributed by atoms with Crippen molar-refractivity contribution in [3.05, 3.63) is 95.6 Å². The topological polar surface area (TPSA) is 63.7 Å². The Balaban J connectivity index is 1.64. The van der Waals surface area contributed by atoms with Crippen molar-refractivity contribution in [3.8, 4) is 23.2 Å². The minimum Gasteiger partial charge on any atom is -0.496 e. The summed E-state index contributed by atoms with van der Waals surface area (Å²) in [5.41, 5.74) is 4.48. The number of methoxy groups -OCH3 is 1. The quantitative estimate of drug-likeness (QED) is 0.302. The molecule has 0 N–H and O–H groups in total. The van der Waals surface area contributed by atoms with E-state index < -0.39 is 0 Å². The fraction of sp³-hybridized carbons (Fsp3) is 0.222. The molecule has 166 valence electrons.